The van der Waals surface area contributed by atoms with Gasteiger partial charge in [-0.1, -0.05) is 11.6 Å². The molecule has 0 bridgehead atoms. The van der Waals surface area contributed by atoms with Gasteiger partial charge in [0.1, 0.15) is 17.8 Å². The highest BCUT2D eigenvalue weighted by molar-refractivity contribution is 6.30. The van der Waals surface area contributed by atoms with E-state index in [1.807, 2.05) is 0 Å². The lowest BCUT2D eigenvalue weighted by Crippen LogP contribution is -2.43. The smallest absolute Gasteiger partial charge is 0.319 e. The third kappa shape index (κ3) is 3.01. The molecule has 2 N–H and O–H groups in total. The van der Waals surface area contributed by atoms with E-state index in [0.29, 0.717) is 19.4 Å². The lowest BCUT2D eigenvalue weighted by Gasteiger charge is -2.23. The number of urea groups is 1. The Balaban J connectivity index is 1.64. The van der Waals surface area contributed by atoms with Gasteiger partial charge in [-0.15, -0.1) is 0 Å². The molecule has 3 rings (SSSR count). The molecule has 2 heterocycles. The summed E-state index contributed by atoms with van der Waals surface area (Å²) in [6.07, 6.45) is 2.81. The number of nitrogens with zero attached hydrogens (tertiary/aromatic N) is 3. The Morgan fingerprint density at radius 3 is 2.82 bits per heavy atom. The molecule has 0 fully saturated rings. The van der Waals surface area contributed by atoms with E-state index >= 15 is 0 Å². The molecule has 1 atom stereocenters. The monoisotopic (exact) mass is 327 g/mol. The molecule has 0 radical (unpaired) electrons. The van der Waals surface area contributed by atoms with E-state index in [1.165, 1.54) is 6.33 Å². The maximum atomic E-state index is 13.6. The van der Waals surface area contributed by atoms with E-state index in [-0.39, 0.29) is 11.1 Å². The van der Waals surface area contributed by atoms with Gasteiger partial charge in [-0.05, 0) is 18.6 Å². The van der Waals surface area contributed by atoms with Crippen LogP contribution < -0.4 is 10.6 Å². The Hall–Kier alpha value is -2.22. The molecule has 116 valence electrons. The largest absolute Gasteiger partial charge is 0.333 e. The van der Waals surface area contributed by atoms with Crippen molar-refractivity contribution in [2.75, 3.05) is 5.32 Å². The lowest BCUT2D eigenvalue weighted by atomic mass is 10.1. The van der Waals surface area contributed by atoms with Crippen LogP contribution in [0.3, 0.4) is 0 Å². The number of fused-ring (bicyclic) bond motifs is 1. The van der Waals surface area contributed by atoms with Crippen LogP contribution >= 0.6 is 11.6 Å². The Morgan fingerprint density at radius 2 is 2.09 bits per heavy atom. The molecule has 1 aromatic carbocycles. The number of aromatic nitrogens is 3. The van der Waals surface area contributed by atoms with Crippen LogP contribution in [0.4, 0.5) is 19.3 Å². The topological polar surface area (TPSA) is 71.8 Å². The first-order valence-electron chi connectivity index (χ1n) is 6.61. The van der Waals surface area contributed by atoms with Gasteiger partial charge >= 0.3 is 6.03 Å². The second-order valence-electron chi connectivity index (χ2n) is 4.94. The second-order valence-corrected chi connectivity index (χ2v) is 5.37. The molecule has 0 spiro atoms. The van der Waals surface area contributed by atoms with Crippen molar-refractivity contribution in [1.82, 2.24) is 20.1 Å². The minimum atomic E-state index is -0.928. The van der Waals surface area contributed by atoms with E-state index in [4.69, 9.17) is 11.6 Å². The first-order chi connectivity index (χ1) is 10.5. The van der Waals surface area contributed by atoms with Gasteiger partial charge in [0.2, 0.25) is 0 Å². The van der Waals surface area contributed by atoms with Gasteiger partial charge < -0.3 is 10.6 Å². The van der Waals surface area contributed by atoms with Crippen molar-refractivity contribution in [2.45, 2.75) is 25.4 Å². The Kier molecular flexibility index (Phi) is 3.93. The van der Waals surface area contributed by atoms with Gasteiger partial charge in [-0.2, -0.15) is 5.10 Å². The average Bonchev–Trinajstić information content (AvgIpc) is 2.90. The molecule has 22 heavy (non-hydrogen) atoms. The fourth-order valence-corrected chi connectivity index (χ4v) is 2.54. The number of nitrogens with one attached hydrogen (secondary N) is 2. The number of hydrogen-bond acceptors (Lipinski definition) is 3. The quantitative estimate of drug-likeness (QED) is 0.889. The number of aryl methyl sites for hydroxylation is 1. The van der Waals surface area contributed by atoms with Crippen LogP contribution in [-0.2, 0) is 13.0 Å². The molecule has 0 unspecified atom stereocenters. The van der Waals surface area contributed by atoms with Crippen LogP contribution in [0.2, 0.25) is 5.02 Å². The summed E-state index contributed by atoms with van der Waals surface area (Å²) < 4.78 is 28.9. The maximum absolute atomic E-state index is 13.6. The van der Waals surface area contributed by atoms with Gasteiger partial charge in [-0.25, -0.2) is 23.2 Å². The molecule has 9 heteroatoms. The molecule has 1 aliphatic heterocycles. The molecule has 0 saturated heterocycles. The minimum absolute atomic E-state index is 0.0769. The summed E-state index contributed by atoms with van der Waals surface area (Å²) in [5.41, 5.74) is -0.529. The van der Waals surface area contributed by atoms with Gasteiger partial charge in [0.15, 0.2) is 11.6 Å². The molecule has 0 aliphatic carbocycles. The Bertz CT molecular complexity index is 697. The number of rotatable bonds is 2. The highest BCUT2D eigenvalue weighted by Gasteiger charge is 2.22. The number of carbonyl (C=O) groups excluding carboxylic acids is 1. The first-order valence-corrected chi connectivity index (χ1v) is 6.99. The van der Waals surface area contributed by atoms with Crippen molar-refractivity contribution in [3.8, 4) is 0 Å². The molecule has 0 saturated carbocycles. The number of benzene rings is 1. The molecule has 2 aromatic rings. The fourth-order valence-electron chi connectivity index (χ4n) is 2.35. The zero-order chi connectivity index (χ0) is 15.7. The SMILES string of the molecule is O=C(Nc1c(F)cc(Cl)cc1F)N[C@@H]1CCc2ncnn2C1. The number of anilines is 1. The highest BCUT2D eigenvalue weighted by Crippen LogP contribution is 2.23. The van der Waals surface area contributed by atoms with Gasteiger partial charge in [0.05, 0.1) is 12.6 Å². The molecule has 2 amide bonds. The standard InChI is InChI=1S/C13H12ClF2N5O/c14-7-3-9(15)12(10(16)4-7)20-13(22)19-8-1-2-11-17-6-18-21(11)5-8/h3-4,6,8H,1-2,5H2,(H2,19,20,22)/t8-/m1/s1. The predicted octanol–water partition coefficient (Wildman–Crippen LogP) is 2.35. The van der Waals surface area contributed by atoms with E-state index in [2.05, 4.69) is 20.7 Å². The van der Waals surface area contributed by atoms with E-state index in [9.17, 15) is 13.6 Å². The highest BCUT2D eigenvalue weighted by atomic mass is 35.5. The van der Waals surface area contributed by atoms with Crippen molar-refractivity contribution in [1.29, 1.82) is 0 Å². The summed E-state index contributed by atoms with van der Waals surface area (Å²) in [7, 11) is 0. The summed E-state index contributed by atoms with van der Waals surface area (Å²) in [4.78, 5) is 16.0. The van der Waals surface area contributed by atoms with Crippen LogP contribution in [0.25, 0.3) is 0 Å². The zero-order valence-corrected chi connectivity index (χ0v) is 12.1. The summed E-state index contributed by atoms with van der Waals surface area (Å²) in [5.74, 6) is -1.00. The first kappa shape index (κ1) is 14.7. The third-order valence-corrected chi connectivity index (χ3v) is 3.60. The molecule has 6 nitrogen and oxygen atoms in total. The average molecular weight is 328 g/mol. The van der Waals surface area contributed by atoms with Crippen molar-refractivity contribution < 1.29 is 13.6 Å². The Morgan fingerprint density at radius 1 is 1.36 bits per heavy atom. The van der Waals surface area contributed by atoms with Crippen LogP contribution in [0.5, 0.6) is 0 Å². The third-order valence-electron chi connectivity index (χ3n) is 3.39. The Labute approximate surface area is 129 Å². The zero-order valence-electron chi connectivity index (χ0n) is 11.3. The van der Waals surface area contributed by atoms with E-state index in [1.54, 1.807) is 4.68 Å². The molecule has 1 aliphatic rings. The van der Waals surface area contributed by atoms with Crippen molar-refractivity contribution in [3.05, 3.63) is 40.9 Å². The maximum Gasteiger partial charge on any atom is 0.319 e. The van der Waals surface area contributed by atoms with Crippen molar-refractivity contribution in [3.63, 3.8) is 0 Å². The fraction of sp³-hybridized carbons (Fsp3) is 0.308. The summed E-state index contributed by atoms with van der Waals surface area (Å²) in [6.45, 7) is 0.467. The number of halogens is 3. The molecular weight excluding hydrogens is 316 g/mol. The normalized spacial score (nSPS) is 17.0. The predicted molar refractivity (Wildman–Crippen MR) is 75.7 cm³/mol. The van der Waals surface area contributed by atoms with Crippen LogP contribution in [0.1, 0.15) is 12.2 Å². The number of carbonyl (C=O) groups is 1. The molecular formula is C13H12ClF2N5O. The minimum Gasteiger partial charge on any atom is -0.333 e. The van der Waals surface area contributed by atoms with Crippen LogP contribution in [-0.4, -0.2) is 26.8 Å². The van der Waals surface area contributed by atoms with Crippen molar-refractivity contribution >= 4 is 23.3 Å². The summed E-state index contributed by atoms with van der Waals surface area (Å²) >= 11 is 5.53. The summed E-state index contributed by atoms with van der Waals surface area (Å²) in [5, 5.41) is 8.79. The molecule has 1 aromatic heterocycles. The van der Waals surface area contributed by atoms with E-state index < -0.39 is 23.4 Å². The number of amides is 2. The second kappa shape index (κ2) is 5.88. The van der Waals surface area contributed by atoms with Gasteiger partial charge in [0.25, 0.3) is 0 Å². The lowest BCUT2D eigenvalue weighted by molar-refractivity contribution is 0.243. The van der Waals surface area contributed by atoms with Gasteiger partial charge in [-0.3, -0.25) is 0 Å². The van der Waals surface area contributed by atoms with Gasteiger partial charge in [0, 0.05) is 11.4 Å². The van der Waals surface area contributed by atoms with Crippen LogP contribution in [0.15, 0.2) is 18.5 Å². The van der Waals surface area contributed by atoms with E-state index in [0.717, 1.165) is 18.0 Å². The summed E-state index contributed by atoms with van der Waals surface area (Å²) in [6, 6.07) is 0.992. The number of hydrogen-bond donors (Lipinski definition) is 2. The van der Waals surface area contributed by atoms with Crippen molar-refractivity contribution in [2.24, 2.45) is 0 Å². The van der Waals surface area contributed by atoms with Crippen LogP contribution in [0, 0.1) is 11.6 Å².